The molecule has 104 valence electrons. The van der Waals surface area contributed by atoms with Gasteiger partial charge in [0.25, 0.3) is 0 Å². The first kappa shape index (κ1) is 15.4. The molecule has 19 heavy (non-hydrogen) atoms. The number of methoxy groups -OCH3 is 1. The fourth-order valence-electron chi connectivity index (χ4n) is 1.84. The van der Waals surface area contributed by atoms with Crippen LogP contribution in [-0.2, 0) is 5.41 Å². The zero-order valence-corrected chi connectivity index (χ0v) is 11.4. The molecule has 1 aromatic rings. The molecule has 0 amide bonds. The van der Waals surface area contributed by atoms with Crippen LogP contribution in [0.3, 0.4) is 0 Å². The monoisotopic (exact) mass is 268 g/mol. The number of nitrogens with zero attached hydrogens (tertiary/aromatic N) is 1. The normalized spacial score (nSPS) is 11.2. The Labute approximate surface area is 112 Å². The van der Waals surface area contributed by atoms with Crippen LogP contribution in [0.4, 0.5) is 8.78 Å². The van der Waals surface area contributed by atoms with Crippen molar-refractivity contribution < 1.29 is 13.5 Å². The summed E-state index contributed by atoms with van der Waals surface area (Å²) in [6.07, 6.45) is 0.384. The fourth-order valence-corrected chi connectivity index (χ4v) is 1.84. The van der Waals surface area contributed by atoms with Gasteiger partial charge in [-0.25, -0.2) is 8.78 Å². The summed E-state index contributed by atoms with van der Waals surface area (Å²) in [6.45, 7) is 4.62. The lowest BCUT2D eigenvalue weighted by Crippen LogP contribution is -2.34. The summed E-state index contributed by atoms with van der Waals surface area (Å²) in [5.74, 6) is -1.18. The third kappa shape index (κ3) is 3.90. The van der Waals surface area contributed by atoms with E-state index in [1.807, 2.05) is 19.9 Å². The summed E-state index contributed by atoms with van der Waals surface area (Å²) in [7, 11) is 1.30. The molecule has 0 spiro atoms. The van der Waals surface area contributed by atoms with Gasteiger partial charge in [0.2, 0.25) is 0 Å². The van der Waals surface area contributed by atoms with Crippen LogP contribution in [0.25, 0.3) is 0 Å². The Balaban J connectivity index is 2.88. The van der Waals surface area contributed by atoms with Crippen LogP contribution in [0.2, 0.25) is 0 Å². The van der Waals surface area contributed by atoms with Gasteiger partial charge in [0.1, 0.15) is 5.82 Å². The van der Waals surface area contributed by atoms with Gasteiger partial charge in [-0.1, -0.05) is 13.8 Å². The van der Waals surface area contributed by atoms with Crippen LogP contribution >= 0.6 is 0 Å². The summed E-state index contributed by atoms with van der Waals surface area (Å²) in [4.78, 5) is 0. The molecule has 5 heteroatoms. The van der Waals surface area contributed by atoms with Crippen molar-refractivity contribution in [3.63, 3.8) is 0 Å². The topological polar surface area (TPSA) is 45.0 Å². The van der Waals surface area contributed by atoms with Gasteiger partial charge in [0.15, 0.2) is 11.6 Å². The summed E-state index contributed by atoms with van der Waals surface area (Å²) < 4.78 is 32.3. The van der Waals surface area contributed by atoms with Gasteiger partial charge in [0, 0.05) is 31.0 Å². The number of hydrogen-bond acceptors (Lipinski definition) is 3. The van der Waals surface area contributed by atoms with Gasteiger partial charge in [-0.3, -0.25) is 0 Å². The number of nitrogens with one attached hydrogen (secondary N) is 1. The molecule has 0 aliphatic rings. The van der Waals surface area contributed by atoms with E-state index in [4.69, 9.17) is 10.00 Å². The Morgan fingerprint density at radius 1 is 1.32 bits per heavy atom. The number of rotatable bonds is 6. The Hall–Kier alpha value is -1.67. The van der Waals surface area contributed by atoms with E-state index in [-0.39, 0.29) is 11.3 Å². The predicted molar refractivity (Wildman–Crippen MR) is 69.0 cm³/mol. The van der Waals surface area contributed by atoms with E-state index in [1.165, 1.54) is 13.2 Å². The van der Waals surface area contributed by atoms with Crippen LogP contribution < -0.4 is 10.1 Å². The zero-order chi connectivity index (χ0) is 14.5. The first-order valence-corrected chi connectivity index (χ1v) is 6.03. The minimum Gasteiger partial charge on any atom is -0.494 e. The van der Waals surface area contributed by atoms with E-state index in [0.29, 0.717) is 19.5 Å². The molecule has 1 rings (SSSR count). The quantitative estimate of drug-likeness (QED) is 0.807. The van der Waals surface area contributed by atoms with Crippen LogP contribution in [0, 0.1) is 23.0 Å². The van der Waals surface area contributed by atoms with Gasteiger partial charge in [-0.15, -0.1) is 0 Å². The van der Waals surface area contributed by atoms with Crippen molar-refractivity contribution in [3.05, 3.63) is 29.3 Å². The molecule has 0 saturated carbocycles. The second-order valence-electron chi connectivity index (χ2n) is 4.94. The third-order valence-electron chi connectivity index (χ3n) is 2.95. The van der Waals surface area contributed by atoms with Gasteiger partial charge in [-0.2, -0.15) is 5.26 Å². The van der Waals surface area contributed by atoms with Gasteiger partial charge >= 0.3 is 0 Å². The van der Waals surface area contributed by atoms with Crippen molar-refractivity contribution in [3.8, 4) is 11.8 Å². The molecule has 0 bridgehead atoms. The molecule has 0 saturated heterocycles. The lowest BCUT2D eigenvalue weighted by Gasteiger charge is -2.26. The standard InChI is InChI=1S/C14H18F2N2O/c1-14(2,9-18-6-4-5-17)10-7-12(16)13(19-3)8-11(10)15/h7-8,18H,4,6,9H2,1-3H3. The summed E-state index contributed by atoms with van der Waals surface area (Å²) in [5, 5.41) is 11.5. The maximum atomic E-state index is 14.0. The molecule has 1 N–H and O–H groups in total. The largest absolute Gasteiger partial charge is 0.494 e. The summed E-state index contributed by atoms with van der Waals surface area (Å²) in [6, 6.07) is 4.24. The molecule has 0 atom stereocenters. The van der Waals surface area contributed by atoms with Crippen molar-refractivity contribution in [2.75, 3.05) is 20.2 Å². The highest BCUT2D eigenvalue weighted by atomic mass is 19.1. The van der Waals surface area contributed by atoms with Gasteiger partial charge in [0.05, 0.1) is 13.2 Å². The van der Waals surface area contributed by atoms with E-state index >= 15 is 0 Å². The number of benzene rings is 1. The number of nitriles is 1. The molecule has 1 aromatic carbocycles. The van der Waals surface area contributed by atoms with E-state index in [1.54, 1.807) is 0 Å². The van der Waals surface area contributed by atoms with Crippen LogP contribution in [-0.4, -0.2) is 20.2 Å². The predicted octanol–water partition coefficient (Wildman–Crippen LogP) is 2.75. The fraction of sp³-hybridized carbons (Fsp3) is 0.500. The van der Waals surface area contributed by atoms with Crippen molar-refractivity contribution in [2.24, 2.45) is 0 Å². The maximum absolute atomic E-state index is 14.0. The van der Waals surface area contributed by atoms with Crippen molar-refractivity contribution in [1.82, 2.24) is 5.32 Å². The van der Waals surface area contributed by atoms with Crippen LogP contribution in [0.5, 0.6) is 5.75 Å². The molecule has 0 heterocycles. The van der Waals surface area contributed by atoms with Crippen molar-refractivity contribution in [2.45, 2.75) is 25.7 Å². The minimum atomic E-state index is -0.580. The highest BCUT2D eigenvalue weighted by Crippen LogP contribution is 2.30. The van der Waals surface area contributed by atoms with E-state index in [9.17, 15) is 8.78 Å². The average Bonchev–Trinajstić information content (AvgIpc) is 2.36. The molecule has 0 aliphatic carbocycles. The molecule has 0 radical (unpaired) electrons. The van der Waals surface area contributed by atoms with Crippen LogP contribution in [0.15, 0.2) is 12.1 Å². The Kier molecular flexibility index (Phi) is 5.25. The highest BCUT2D eigenvalue weighted by Gasteiger charge is 2.25. The number of halogens is 2. The molecule has 0 fully saturated rings. The Morgan fingerprint density at radius 2 is 2.00 bits per heavy atom. The minimum absolute atomic E-state index is 0.102. The van der Waals surface area contributed by atoms with E-state index in [2.05, 4.69) is 5.32 Å². The third-order valence-corrected chi connectivity index (χ3v) is 2.95. The molecule has 0 unspecified atom stereocenters. The average molecular weight is 268 g/mol. The maximum Gasteiger partial charge on any atom is 0.165 e. The van der Waals surface area contributed by atoms with Crippen LogP contribution in [0.1, 0.15) is 25.8 Å². The summed E-state index contributed by atoms with van der Waals surface area (Å²) >= 11 is 0. The highest BCUT2D eigenvalue weighted by molar-refractivity contribution is 5.35. The smallest absolute Gasteiger partial charge is 0.165 e. The molecule has 3 nitrogen and oxygen atoms in total. The van der Waals surface area contributed by atoms with Gasteiger partial charge in [-0.05, 0) is 11.6 Å². The lowest BCUT2D eigenvalue weighted by atomic mass is 9.84. The first-order valence-electron chi connectivity index (χ1n) is 6.03. The second kappa shape index (κ2) is 6.48. The number of ether oxygens (including phenoxy) is 1. The molecular weight excluding hydrogens is 250 g/mol. The van der Waals surface area contributed by atoms with Gasteiger partial charge < -0.3 is 10.1 Å². The first-order chi connectivity index (χ1) is 8.92. The van der Waals surface area contributed by atoms with E-state index < -0.39 is 17.0 Å². The van der Waals surface area contributed by atoms with Crippen molar-refractivity contribution >= 4 is 0 Å². The van der Waals surface area contributed by atoms with Crippen molar-refractivity contribution in [1.29, 1.82) is 5.26 Å². The second-order valence-corrected chi connectivity index (χ2v) is 4.94. The summed E-state index contributed by atoms with van der Waals surface area (Å²) in [5.41, 5.74) is -0.289. The number of hydrogen-bond donors (Lipinski definition) is 1. The van der Waals surface area contributed by atoms with E-state index in [0.717, 1.165) is 6.07 Å². The Morgan fingerprint density at radius 3 is 2.58 bits per heavy atom. The Bertz CT molecular complexity index is 481. The lowest BCUT2D eigenvalue weighted by molar-refractivity contribution is 0.376. The molecule has 0 aliphatic heterocycles. The zero-order valence-electron chi connectivity index (χ0n) is 11.4. The molecule has 0 aromatic heterocycles. The SMILES string of the molecule is COc1cc(F)c(C(C)(C)CNCCC#N)cc1F. The molecular formula is C14H18F2N2O.